The van der Waals surface area contributed by atoms with E-state index in [0.717, 1.165) is 34.9 Å². The van der Waals surface area contributed by atoms with Crippen molar-refractivity contribution in [2.24, 2.45) is 10.7 Å². The first-order chi connectivity index (χ1) is 14.6. The van der Waals surface area contributed by atoms with E-state index in [2.05, 4.69) is 16.4 Å². The van der Waals surface area contributed by atoms with Crippen LogP contribution in [-0.2, 0) is 10.2 Å². The third-order valence-electron chi connectivity index (χ3n) is 5.27. The van der Waals surface area contributed by atoms with Gasteiger partial charge in [-0.1, -0.05) is 29.8 Å². The Morgan fingerprint density at radius 2 is 1.84 bits per heavy atom. The summed E-state index contributed by atoms with van der Waals surface area (Å²) in [5.41, 5.74) is 7.89. The summed E-state index contributed by atoms with van der Waals surface area (Å²) in [5.74, 6) is 1.77. The predicted octanol–water partition coefficient (Wildman–Crippen LogP) is 5.23. The molecule has 0 aliphatic carbocycles. The van der Waals surface area contributed by atoms with E-state index >= 15 is 0 Å². The van der Waals surface area contributed by atoms with Crippen LogP contribution in [0.15, 0.2) is 47.5 Å². The summed E-state index contributed by atoms with van der Waals surface area (Å²) >= 11 is 6.53. The highest BCUT2D eigenvalue weighted by atomic mass is 127. The molecule has 0 radical (unpaired) electrons. The van der Waals surface area contributed by atoms with Gasteiger partial charge in [0.1, 0.15) is 11.5 Å². The van der Waals surface area contributed by atoms with Crippen molar-refractivity contribution < 1.29 is 14.2 Å². The molecule has 1 saturated heterocycles. The highest BCUT2D eigenvalue weighted by molar-refractivity contribution is 14.0. The van der Waals surface area contributed by atoms with Crippen molar-refractivity contribution in [3.05, 3.63) is 53.1 Å². The topological polar surface area (TPSA) is 78.1 Å². The Bertz CT molecular complexity index is 873. The molecule has 0 atom stereocenters. The van der Waals surface area contributed by atoms with E-state index in [1.807, 2.05) is 50.2 Å². The first-order valence-corrected chi connectivity index (χ1v) is 10.7. The van der Waals surface area contributed by atoms with E-state index < -0.39 is 0 Å². The molecule has 0 amide bonds. The molecule has 2 aromatic rings. The number of hydrogen-bond donors (Lipinski definition) is 2. The van der Waals surface area contributed by atoms with Gasteiger partial charge in [-0.3, -0.25) is 4.99 Å². The van der Waals surface area contributed by atoms with Crippen molar-refractivity contribution in [3.8, 4) is 11.5 Å². The van der Waals surface area contributed by atoms with Gasteiger partial charge in [-0.05, 0) is 50.5 Å². The standard InChI is InChI=1S/C23H30ClN3O3.HI/c1-3-29-17-9-10-21(30-4-2)20(15-17)27-22(25)26-16-23(11-13-28-14-12-23)18-7-5-6-8-19(18)24;/h5-10,15H,3-4,11-14,16H2,1-2H3,(H3,25,26,27);1H. The minimum atomic E-state index is -0.196. The van der Waals surface area contributed by atoms with E-state index in [1.165, 1.54) is 0 Å². The van der Waals surface area contributed by atoms with Crippen LogP contribution in [0.2, 0.25) is 5.02 Å². The average Bonchev–Trinajstić information content (AvgIpc) is 2.75. The molecule has 6 nitrogen and oxygen atoms in total. The van der Waals surface area contributed by atoms with Crippen LogP contribution in [0.4, 0.5) is 5.69 Å². The van der Waals surface area contributed by atoms with Gasteiger partial charge >= 0.3 is 0 Å². The molecule has 0 spiro atoms. The molecule has 0 bridgehead atoms. The zero-order valence-electron chi connectivity index (χ0n) is 18.0. The van der Waals surface area contributed by atoms with E-state index in [9.17, 15) is 0 Å². The number of anilines is 1. The van der Waals surface area contributed by atoms with Gasteiger partial charge in [-0.25, -0.2) is 0 Å². The highest BCUT2D eigenvalue weighted by Crippen LogP contribution is 2.39. The Kier molecular flexibility index (Phi) is 10.2. The lowest BCUT2D eigenvalue weighted by Gasteiger charge is -2.37. The van der Waals surface area contributed by atoms with Crippen LogP contribution >= 0.6 is 35.6 Å². The largest absolute Gasteiger partial charge is 0.494 e. The number of nitrogens with two attached hydrogens (primary N) is 1. The molecule has 170 valence electrons. The maximum Gasteiger partial charge on any atom is 0.193 e. The Balaban J connectivity index is 0.00000341. The van der Waals surface area contributed by atoms with Gasteiger partial charge in [0.05, 0.1) is 25.4 Å². The lowest BCUT2D eigenvalue weighted by molar-refractivity contribution is 0.0532. The third-order valence-corrected chi connectivity index (χ3v) is 5.60. The second kappa shape index (κ2) is 12.4. The number of nitrogens with zero attached hydrogens (tertiary/aromatic N) is 1. The minimum absolute atomic E-state index is 0. The van der Waals surface area contributed by atoms with Crippen molar-refractivity contribution in [1.82, 2.24) is 0 Å². The van der Waals surface area contributed by atoms with Crippen molar-refractivity contribution in [3.63, 3.8) is 0 Å². The molecule has 8 heteroatoms. The number of hydrogen-bond acceptors (Lipinski definition) is 4. The van der Waals surface area contributed by atoms with Crippen LogP contribution in [0.3, 0.4) is 0 Å². The average molecular weight is 560 g/mol. The molecule has 0 unspecified atom stereocenters. The van der Waals surface area contributed by atoms with Crippen LogP contribution in [0.25, 0.3) is 0 Å². The first-order valence-electron chi connectivity index (χ1n) is 10.4. The molecule has 2 aromatic carbocycles. The van der Waals surface area contributed by atoms with Gasteiger partial charge in [-0.15, -0.1) is 24.0 Å². The maximum atomic E-state index is 6.53. The Morgan fingerprint density at radius 3 is 2.52 bits per heavy atom. The number of benzene rings is 2. The molecular formula is C23H31ClIN3O3. The lowest BCUT2D eigenvalue weighted by atomic mass is 9.74. The summed E-state index contributed by atoms with van der Waals surface area (Å²) in [6.07, 6.45) is 1.69. The fourth-order valence-corrected chi connectivity index (χ4v) is 4.06. The van der Waals surface area contributed by atoms with Crippen molar-refractivity contribution in [2.45, 2.75) is 32.1 Å². The molecule has 31 heavy (non-hydrogen) atoms. The van der Waals surface area contributed by atoms with Crippen LogP contribution in [0, 0.1) is 0 Å². The van der Waals surface area contributed by atoms with E-state index in [-0.39, 0.29) is 29.4 Å². The number of ether oxygens (including phenoxy) is 3. The minimum Gasteiger partial charge on any atom is -0.494 e. The summed E-state index contributed by atoms with van der Waals surface area (Å²) < 4.78 is 16.9. The maximum absolute atomic E-state index is 6.53. The second-order valence-corrected chi connectivity index (χ2v) is 7.63. The molecule has 1 fully saturated rings. The van der Waals surface area contributed by atoms with Gasteiger partial charge in [0, 0.05) is 29.7 Å². The zero-order valence-corrected chi connectivity index (χ0v) is 21.1. The molecule has 3 N–H and O–H groups in total. The van der Waals surface area contributed by atoms with E-state index in [4.69, 9.17) is 31.5 Å². The second-order valence-electron chi connectivity index (χ2n) is 7.22. The summed E-state index contributed by atoms with van der Waals surface area (Å²) in [6.45, 7) is 6.90. The number of nitrogens with one attached hydrogen (secondary N) is 1. The molecule has 1 heterocycles. The number of aliphatic imine (C=N–C) groups is 1. The molecular weight excluding hydrogens is 529 g/mol. The molecule has 0 saturated carbocycles. The normalized spacial score (nSPS) is 15.6. The van der Waals surface area contributed by atoms with Crippen LogP contribution < -0.4 is 20.5 Å². The first kappa shape index (κ1) is 25.5. The predicted molar refractivity (Wildman–Crippen MR) is 137 cm³/mol. The highest BCUT2D eigenvalue weighted by Gasteiger charge is 2.36. The van der Waals surface area contributed by atoms with Crippen LogP contribution in [-0.4, -0.2) is 38.9 Å². The Labute approximate surface area is 206 Å². The van der Waals surface area contributed by atoms with Crippen LogP contribution in [0.1, 0.15) is 32.3 Å². The molecule has 1 aliphatic rings. The SMILES string of the molecule is CCOc1ccc(OCC)c(NC(N)=NCC2(c3ccccc3Cl)CCOCC2)c1.I. The van der Waals surface area contributed by atoms with Gasteiger partial charge in [0.25, 0.3) is 0 Å². The fourth-order valence-electron chi connectivity index (χ4n) is 3.72. The number of rotatable bonds is 8. The van der Waals surface area contributed by atoms with Crippen molar-refractivity contribution in [2.75, 3.05) is 38.3 Å². The number of guanidine groups is 1. The number of halogens is 2. The van der Waals surface area contributed by atoms with Crippen LogP contribution in [0.5, 0.6) is 11.5 Å². The summed E-state index contributed by atoms with van der Waals surface area (Å²) in [5, 5.41) is 3.93. The third kappa shape index (κ3) is 6.63. The summed E-state index contributed by atoms with van der Waals surface area (Å²) in [7, 11) is 0. The molecule has 0 aromatic heterocycles. The quantitative estimate of drug-likeness (QED) is 0.263. The van der Waals surface area contributed by atoms with Crippen molar-refractivity contribution in [1.29, 1.82) is 0 Å². The van der Waals surface area contributed by atoms with E-state index in [0.29, 0.717) is 44.7 Å². The summed E-state index contributed by atoms with van der Waals surface area (Å²) in [6, 6.07) is 13.6. The monoisotopic (exact) mass is 559 g/mol. The summed E-state index contributed by atoms with van der Waals surface area (Å²) in [4.78, 5) is 4.68. The van der Waals surface area contributed by atoms with Gasteiger partial charge < -0.3 is 25.3 Å². The smallest absolute Gasteiger partial charge is 0.193 e. The van der Waals surface area contributed by atoms with Crippen molar-refractivity contribution >= 4 is 47.2 Å². The Morgan fingerprint density at radius 1 is 1.13 bits per heavy atom. The Hall–Kier alpha value is -1.71. The van der Waals surface area contributed by atoms with Gasteiger partial charge in [0.2, 0.25) is 0 Å². The lowest BCUT2D eigenvalue weighted by Crippen LogP contribution is -2.38. The van der Waals surface area contributed by atoms with Gasteiger partial charge in [-0.2, -0.15) is 0 Å². The fraction of sp³-hybridized carbons (Fsp3) is 0.435. The zero-order chi connectivity index (χ0) is 21.4. The molecule has 1 aliphatic heterocycles. The molecule has 3 rings (SSSR count). The van der Waals surface area contributed by atoms with E-state index in [1.54, 1.807) is 0 Å². The van der Waals surface area contributed by atoms with Gasteiger partial charge in [0.15, 0.2) is 5.96 Å².